The fourth-order valence-corrected chi connectivity index (χ4v) is 2.21. The van der Waals surface area contributed by atoms with E-state index in [0.29, 0.717) is 10.5 Å². The van der Waals surface area contributed by atoms with Gasteiger partial charge >= 0.3 is 0 Å². The van der Waals surface area contributed by atoms with E-state index in [4.69, 9.17) is 18.1 Å². The minimum Gasteiger partial charge on any atom is -0.337 e. The molecule has 94 valence electrons. The highest BCUT2D eigenvalue weighted by atomic mass is 32.1. The molecule has 2 rings (SSSR count). The molecule has 0 saturated heterocycles. The maximum absolute atomic E-state index is 11.7. The van der Waals surface area contributed by atoms with E-state index in [1.165, 1.54) is 0 Å². The van der Waals surface area contributed by atoms with Crippen LogP contribution in [0.1, 0.15) is 29.0 Å². The van der Waals surface area contributed by atoms with Gasteiger partial charge in [-0.1, -0.05) is 30.3 Å². The van der Waals surface area contributed by atoms with Gasteiger partial charge in [0.25, 0.3) is 5.91 Å². The van der Waals surface area contributed by atoms with Crippen molar-refractivity contribution in [1.82, 2.24) is 15.0 Å². The second-order valence-electron chi connectivity index (χ2n) is 3.91. The summed E-state index contributed by atoms with van der Waals surface area (Å²) in [6.45, 7) is 1.98. The van der Waals surface area contributed by atoms with Crippen molar-refractivity contribution in [1.29, 1.82) is 0 Å². The number of rotatable bonds is 3. The Hall–Kier alpha value is -1.92. The molecule has 5 nitrogen and oxygen atoms in total. The molecule has 0 saturated carbocycles. The molecule has 18 heavy (non-hydrogen) atoms. The minimum atomic E-state index is -0.370. The van der Waals surface area contributed by atoms with E-state index < -0.39 is 0 Å². The van der Waals surface area contributed by atoms with Gasteiger partial charge in [-0.3, -0.25) is 10.2 Å². The summed E-state index contributed by atoms with van der Waals surface area (Å²) in [5.41, 5.74) is 3.60. The number of nitrogens with two attached hydrogens (primary N) is 1. The van der Waals surface area contributed by atoms with Crippen LogP contribution < -0.4 is 11.3 Å². The normalized spacial score (nSPS) is 12.1. The van der Waals surface area contributed by atoms with Crippen LogP contribution in [0.3, 0.4) is 0 Å². The Bertz CT molecular complexity index is 602. The van der Waals surface area contributed by atoms with Gasteiger partial charge in [-0.15, -0.1) is 0 Å². The van der Waals surface area contributed by atoms with Crippen LogP contribution >= 0.6 is 12.2 Å². The number of imidazole rings is 1. The van der Waals surface area contributed by atoms with E-state index >= 15 is 0 Å². The molecule has 0 spiro atoms. The molecule has 0 aliphatic carbocycles. The zero-order valence-corrected chi connectivity index (χ0v) is 10.7. The van der Waals surface area contributed by atoms with Crippen LogP contribution in [0.5, 0.6) is 0 Å². The van der Waals surface area contributed by atoms with Crippen LogP contribution in [-0.2, 0) is 0 Å². The van der Waals surface area contributed by atoms with Crippen molar-refractivity contribution < 1.29 is 4.79 Å². The molecule has 1 atom stereocenters. The summed E-state index contributed by atoms with van der Waals surface area (Å²) >= 11 is 5.20. The van der Waals surface area contributed by atoms with Gasteiger partial charge in [0.1, 0.15) is 5.69 Å². The molecule has 0 aliphatic rings. The van der Waals surface area contributed by atoms with E-state index in [2.05, 4.69) is 10.4 Å². The SMILES string of the molecule is C[C@@H](c1ccccc1)n1c(C(=O)NN)c[nH]c1=S. The van der Waals surface area contributed by atoms with Gasteiger partial charge in [0.05, 0.1) is 6.04 Å². The monoisotopic (exact) mass is 262 g/mol. The Balaban J connectivity index is 2.48. The number of carbonyl (C=O) groups excluding carboxylic acids is 1. The number of H-pyrrole nitrogens is 1. The minimum absolute atomic E-state index is 0.0442. The number of hydrazine groups is 1. The lowest BCUT2D eigenvalue weighted by atomic mass is 10.1. The standard InChI is InChI=1S/C12H14N4OS/c1-8(9-5-3-2-4-6-9)16-10(11(17)15-13)7-14-12(16)18/h2-8H,13H2,1H3,(H,14,18)(H,15,17)/t8-/m0/s1. The number of hydrogen-bond acceptors (Lipinski definition) is 3. The maximum atomic E-state index is 11.7. The summed E-state index contributed by atoms with van der Waals surface area (Å²) in [6.07, 6.45) is 1.56. The van der Waals surface area contributed by atoms with Gasteiger partial charge < -0.3 is 9.55 Å². The fourth-order valence-electron chi connectivity index (χ4n) is 1.89. The smallest absolute Gasteiger partial charge is 0.283 e. The Morgan fingerprint density at radius 3 is 2.72 bits per heavy atom. The average Bonchev–Trinajstić information content (AvgIpc) is 2.80. The van der Waals surface area contributed by atoms with Crippen molar-refractivity contribution >= 4 is 18.1 Å². The summed E-state index contributed by atoms with van der Waals surface area (Å²) in [6, 6.07) is 9.78. The van der Waals surface area contributed by atoms with Gasteiger partial charge in [0.15, 0.2) is 4.77 Å². The number of nitrogen functional groups attached to an aromatic ring is 1. The summed E-state index contributed by atoms with van der Waals surface area (Å²) in [7, 11) is 0. The van der Waals surface area contributed by atoms with Crippen molar-refractivity contribution in [3.63, 3.8) is 0 Å². The second-order valence-corrected chi connectivity index (χ2v) is 4.30. The predicted molar refractivity (Wildman–Crippen MR) is 71.5 cm³/mol. The van der Waals surface area contributed by atoms with Crippen molar-refractivity contribution in [2.45, 2.75) is 13.0 Å². The van der Waals surface area contributed by atoms with Crippen LogP contribution in [-0.4, -0.2) is 15.5 Å². The first-order valence-electron chi connectivity index (χ1n) is 5.51. The predicted octanol–water partition coefficient (Wildman–Crippen LogP) is 1.76. The fraction of sp³-hybridized carbons (Fsp3) is 0.167. The highest BCUT2D eigenvalue weighted by molar-refractivity contribution is 7.71. The summed E-state index contributed by atoms with van der Waals surface area (Å²) < 4.78 is 2.23. The zero-order chi connectivity index (χ0) is 13.1. The van der Waals surface area contributed by atoms with Gasteiger partial charge in [0, 0.05) is 6.20 Å². The topological polar surface area (TPSA) is 75.8 Å². The number of benzene rings is 1. The van der Waals surface area contributed by atoms with Gasteiger partial charge in [0.2, 0.25) is 0 Å². The Labute approximate surface area is 110 Å². The molecule has 0 bridgehead atoms. The van der Waals surface area contributed by atoms with E-state index in [-0.39, 0.29) is 11.9 Å². The molecule has 0 unspecified atom stereocenters. The first-order valence-corrected chi connectivity index (χ1v) is 5.91. The number of nitrogens with zero attached hydrogens (tertiary/aromatic N) is 1. The van der Waals surface area contributed by atoms with E-state index in [0.717, 1.165) is 5.56 Å². The van der Waals surface area contributed by atoms with Crippen molar-refractivity contribution in [3.8, 4) is 0 Å². The van der Waals surface area contributed by atoms with Crippen LogP contribution in [0.4, 0.5) is 0 Å². The number of aromatic amines is 1. The third-order valence-corrected chi connectivity index (χ3v) is 3.16. The number of aromatic nitrogens is 2. The first kappa shape index (κ1) is 12.5. The molecular formula is C12H14N4OS. The number of amides is 1. The highest BCUT2D eigenvalue weighted by Crippen LogP contribution is 2.20. The zero-order valence-electron chi connectivity index (χ0n) is 9.88. The quantitative estimate of drug-likeness (QED) is 0.341. The number of hydrogen-bond donors (Lipinski definition) is 3. The molecule has 0 radical (unpaired) electrons. The summed E-state index contributed by atoms with van der Waals surface area (Å²) in [4.78, 5) is 14.5. The molecule has 0 aliphatic heterocycles. The Kier molecular flexibility index (Phi) is 3.59. The molecule has 2 aromatic rings. The molecule has 4 N–H and O–H groups in total. The van der Waals surface area contributed by atoms with Gasteiger partial charge in [-0.25, -0.2) is 5.84 Å². The highest BCUT2D eigenvalue weighted by Gasteiger charge is 2.17. The summed E-state index contributed by atoms with van der Waals surface area (Å²) in [5, 5.41) is 0. The van der Waals surface area contributed by atoms with Crippen LogP contribution in [0, 0.1) is 4.77 Å². The molecule has 1 amide bonds. The largest absolute Gasteiger partial charge is 0.337 e. The molecule has 0 fully saturated rings. The van der Waals surface area contributed by atoms with Gasteiger partial charge in [-0.2, -0.15) is 0 Å². The third kappa shape index (κ3) is 2.20. The van der Waals surface area contributed by atoms with Crippen LogP contribution in [0.15, 0.2) is 36.5 Å². The van der Waals surface area contributed by atoms with Crippen molar-refractivity contribution in [2.75, 3.05) is 0 Å². The molecule has 1 aromatic heterocycles. The molecule has 1 aromatic carbocycles. The van der Waals surface area contributed by atoms with E-state index in [1.54, 1.807) is 10.8 Å². The Morgan fingerprint density at radius 1 is 1.44 bits per heavy atom. The number of carbonyl (C=O) groups is 1. The maximum Gasteiger partial charge on any atom is 0.283 e. The van der Waals surface area contributed by atoms with E-state index in [1.807, 2.05) is 37.3 Å². The third-order valence-electron chi connectivity index (χ3n) is 2.84. The lowest BCUT2D eigenvalue weighted by Gasteiger charge is -2.16. The van der Waals surface area contributed by atoms with Crippen molar-refractivity contribution in [2.24, 2.45) is 5.84 Å². The van der Waals surface area contributed by atoms with Crippen molar-refractivity contribution in [3.05, 3.63) is 52.6 Å². The number of nitrogens with one attached hydrogen (secondary N) is 2. The van der Waals surface area contributed by atoms with E-state index in [9.17, 15) is 4.79 Å². The summed E-state index contributed by atoms with van der Waals surface area (Å²) in [5.74, 6) is 4.79. The first-order chi connectivity index (χ1) is 8.65. The van der Waals surface area contributed by atoms with Crippen LogP contribution in [0.25, 0.3) is 0 Å². The Morgan fingerprint density at radius 2 is 2.11 bits per heavy atom. The molecule has 1 heterocycles. The van der Waals surface area contributed by atoms with Crippen LogP contribution in [0.2, 0.25) is 0 Å². The van der Waals surface area contributed by atoms with Gasteiger partial charge in [-0.05, 0) is 24.7 Å². The molecule has 6 heteroatoms. The second kappa shape index (κ2) is 5.16. The average molecular weight is 262 g/mol. The lowest BCUT2D eigenvalue weighted by Crippen LogP contribution is -2.32. The lowest BCUT2D eigenvalue weighted by molar-refractivity contribution is 0.0943. The molecular weight excluding hydrogens is 248 g/mol.